The minimum absolute atomic E-state index is 0.383. The van der Waals surface area contributed by atoms with Crippen molar-refractivity contribution >= 4 is 0 Å². The summed E-state index contributed by atoms with van der Waals surface area (Å²) in [5, 5.41) is 0. The van der Waals surface area contributed by atoms with Gasteiger partial charge in [0, 0.05) is 12.5 Å². The third kappa shape index (κ3) is 2.25. The minimum atomic E-state index is 0.383. The molecular formula is C11H19N. The van der Waals surface area contributed by atoms with E-state index in [1.165, 1.54) is 6.42 Å². The molecular weight excluding hydrogens is 146 g/mol. The Kier molecular flexibility index (Phi) is 2.80. The molecule has 0 aromatic rings. The summed E-state index contributed by atoms with van der Waals surface area (Å²) >= 11 is 0. The predicted octanol–water partition coefficient (Wildman–Crippen LogP) is 2.16. The van der Waals surface area contributed by atoms with E-state index in [9.17, 15) is 0 Å². The van der Waals surface area contributed by atoms with E-state index in [-0.39, 0.29) is 0 Å². The molecule has 1 rings (SSSR count). The van der Waals surface area contributed by atoms with Crippen LogP contribution in [0.5, 0.6) is 0 Å². The highest BCUT2D eigenvalue weighted by Gasteiger charge is 2.48. The van der Waals surface area contributed by atoms with Crippen molar-refractivity contribution < 1.29 is 0 Å². The molecule has 1 saturated carbocycles. The van der Waals surface area contributed by atoms with Crippen LogP contribution in [0.4, 0.5) is 0 Å². The maximum atomic E-state index is 6.03. The van der Waals surface area contributed by atoms with Gasteiger partial charge in [0.2, 0.25) is 0 Å². The van der Waals surface area contributed by atoms with Crippen molar-refractivity contribution in [2.45, 2.75) is 45.6 Å². The fourth-order valence-corrected chi connectivity index (χ4v) is 1.88. The lowest BCUT2D eigenvalue weighted by Crippen LogP contribution is -2.24. The summed E-state index contributed by atoms with van der Waals surface area (Å²) in [5.41, 5.74) is 6.54. The smallest absolute Gasteiger partial charge is 0.00866 e. The first-order valence-electron chi connectivity index (χ1n) is 4.77. The highest BCUT2D eigenvalue weighted by Crippen LogP contribution is 2.53. The van der Waals surface area contributed by atoms with Crippen molar-refractivity contribution in [2.24, 2.45) is 17.1 Å². The number of hydrogen-bond donors (Lipinski definition) is 1. The van der Waals surface area contributed by atoms with Crippen molar-refractivity contribution in [3.63, 3.8) is 0 Å². The highest BCUT2D eigenvalue weighted by molar-refractivity contribution is 5.00. The van der Waals surface area contributed by atoms with Crippen LogP contribution in [0.3, 0.4) is 0 Å². The molecule has 1 aliphatic carbocycles. The van der Waals surface area contributed by atoms with Gasteiger partial charge in [-0.25, -0.2) is 0 Å². The first-order chi connectivity index (χ1) is 5.58. The number of nitrogens with two attached hydrogens (primary N) is 1. The highest BCUT2D eigenvalue weighted by atomic mass is 14.7. The third-order valence-corrected chi connectivity index (χ3v) is 2.97. The average Bonchev–Trinajstić information content (AvgIpc) is 2.60. The van der Waals surface area contributed by atoms with E-state index < -0.39 is 0 Å². The van der Waals surface area contributed by atoms with Gasteiger partial charge in [-0.2, -0.15) is 0 Å². The van der Waals surface area contributed by atoms with Crippen molar-refractivity contribution in [1.82, 2.24) is 0 Å². The molecule has 1 fully saturated rings. The molecule has 1 heteroatoms. The van der Waals surface area contributed by atoms with Crippen LogP contribution in [0.15, 0.2) is 0 Å². The van der Waals surface area contributed by atoms with Crippen LogP contribution >= 0.6 is 0 Å². The van der Waals surface area contributed by atoms with Crippen molar-refractivity contribution in [3.8, 4) is 12.3 Å². The fraction of sp³-hybridized carbons (Fsp3) is 0.818. The first-order valence-corrected chi connectivity index (χ1v) is 4.77. The summed E-state index contributed by atoms with van der Waals surface area (Å²) in [5.74, 6) is 3.39. The van der Waals surface area contributed by atoms with Gasteiger partial charge in [-0.1, -0.05) is 13.8 Å². The Labute approximate surface area is 75.7 Å². The quantitative estimate of drug-likeness (QED) is 0.501. The van der Waals surface area contributed by atoms with E-state index in [0.717, 1.165) is 25.2 Å². The van der Waals surface area contributed by atoms with Gasteiger partial charge < -0.3 is 5.73 Å². The molecule has 0 amide bonds. The Morgan fingerprint density at radius 2 is 2.25 bits per heavy atom. The minimum Gasteiger partial charge on any atom is -0.327 e. The van der Waals surface area contributed by atoms with E-state index in [1.807, 2.05) is 0 Å². The molecule has 0 aromatic heterocycles. The van der Waals surface area contributed by atoms with Crippen LogP contribution in [-0.4, -0.2) is 6.04 Å². The maximum absolute atomic E-state index is 6.03. The van der Waals surface area contributed by atoms with Gasteiger partial charge in [0.1, 0.15) is 0 Å². The van der Waals surface area contributed by atoms with E-state index >= 15 is 0 Å². The lowest BCUT2D eigenvalue weighted by atomic mass is 10.00. The van der Waals surface area contributed by atoms with Gasteiger partial charge >= 0.3 is 0 Å². The Bertz CT molecular complexity index is 188. The summed E-state index contributed by atoms with van der Waals surface area (Å²) in [6, 6.07) is 0.383. The second kappa shape index (κ2) is 3.49. The first kappa shape index (κ1) is 9.61. The van der Waals surface area contributed by atoms with Crippen LogP contribution in [0.1, 0.15) is 39.5 Å². The zero-order chi connectivity index (χ0) is 9.19. The molecule has 12 heavy (non-hydrogen) atoms. The van der Waals surface area contributed by atoms with E-state index in [1.54, 1.807) is 0 Å². The molecule has 2 unspecified atom stereocenters. The SMILES string of the molecule is C#CCCCC(N)C1CC1(C)C. The molecule has 1 nitrogen and oxygen atoms in total. The summed E-state index contributed by atoms with van der Waals surface area (Å²) in [7, 11) is 0. The molecule has 0 radical (unpaired) electrons. The third-order valence-electron chi connectivity index (χ3n) is 2.97. The summed E-state index contributed by atoms with van der Waals surface area (Å²) in [6.07, 6.45) is 9.52. The standard InChI is InChI=1S/C11H19N/c1-4-5-6-7-10(12)9-8-11(9,2)3/h1,9-10H,5-8,12H2,2-3H3. The second-order valence-electron chi connectivity index (χ2n) is 4.56. The van der Waals surface area contributed by atoms with Crippen LogP contribution in [0.25, 0.3) is 0 Å². The molecule has 0 spiro atoms. The molecule has 0 aromatic carbocycles. The zero-order valence-electron chi connectivity index (χ0n) is 8.14. The Hall–Kier alpha value is -0.480. The van der Waals surface area contributed by atoms with E-state index in [0.29, 0.717) is 11.5 Å². The molecule has 2 atom stereocenters. The molecule has 0 saturated heterocycles. The summed E-state index contributed by atoms with van der Waals surface area (Å²) < 4.78 is 0. The Morgan fingerprint density at radius 1 is 1.67 bits per heavy atom. The van der Waals surface area contributed by atoms with Gasteiger partial charge in [0.15, 0.2) is 0 Å². The fourth-order valence-electron chi connectivity index (χ4n) is 1.88. The van der Waals surface area contributed by atoms with Crippen LogP contribution in [0, 0.1) is 23.7 Å². The summed E-state index contributed by atoms with van der Waals surface area (Å²) in [4.78, 5) is 0. The molecule has 0 bridgehead atoms. The average molecular weight is 165 g/mol. The molecule has 68 valence electrons. The second-order valence-corrected chi connectivity index (χ2v) is 4.56. The number of unbranched alkanes of at least 4 members (excludes halogenated alkanes) is 1. The topological polar surface area (TPSA) is 26.0 Å². The Balaban J connectivity index is 2.14. The Morgan fingerprint density at radius 3 is 2.67 bits per heavy atom. The molecule has 1 aliphatic rings. The lowest BCUT2D eigenvalue weighted by Gasteiger charge is -2.11. The summed E-state index contributed by atoms with van der Waals surface area (Å²) in [6.45, 7) is 4.58. The van der Waals surface area contributed by atoms with Crippen molar-refractivity contribution in [3.05, 3.63) is 0 Å². The van der Waals surface area contributed by atoms with Gasteiger partial charge in [-0.05, 0) is 30.6 Å². The van der Waals surface area contributed by atoms with Gasteiger partial charge in [0.05, 0.1) is 0 Å². The maximum Gasteiger partial charge on any atom is 0.00866 e. The van der Waals surface area contributed by atoms with Crippen molar-refractivity contribution in [2.75, 3.05) is 0 Å². The van der Waals surface area contributed by atoms with Crippen LogP contribution in [0.2, 0.25) is 0 Å². The largest absolute Gasteiger partial charge is 0.327 e. The normalized spacial score (nSPS) is 27.7. The molecule has 0 aliphatic heterocycles. The molecule has 2 N–H and O–H groups in total. The number of hydrogen-bond acceptors (Lipinski definition) is 1. The van der Waals surface area contributed by atoms with E-state index in [2.05, 4.69) is 19.8 Å². The predicted molar refractivity (Wildman–Crippen MR) is 52.5 cm³/mol. The van der Waals surface area contributed by atoms with Crippen molar-refractivity contribution in [1.29, 1.82) is 0 Å². The van der Waals surface area contributed by atoms with Gasteiger partial charge in [-0.3, -0.25) is 0 Å². The van der Waals surface area contributed by atoms with Crippen LogP contribution in [-0.2, 0) is 0 Å². The van der Waals surface area contributed by atoms with Gasteiger partial charge in [0.25, 0.3) is 0 Å². The molecule has 0 heterocycles. The van der Waals surface area contributed by atoms with Gasteiger partial charge in [-0.15, -0.1) is 12.3 Å². The number of terminal acetylenes is 1. The van der Waals surface area contributed by atoms with Crippen LogP contribution < -0.4 is 5.73 Å². The monoisotopic (exact) mass is 165 g/mol. The lowest BCUT2D eigenvalue weighted by molar-refractivity contribution is 0.450. The number of rotatable bonds is 4. The zero-order valence-corrected chi connectivity index (χ0v) is 8.14. The van der Waals surface area contributed by atoms with E-state index in [4.69, 9.17) is 12.2 Å².